The van der Waals surface area contributed by atoms with Gasteiger partial charge in [-0.25, -0.2) is 4.57 Å². The van der Waals surface area contributed by atoms with Crippen LogP contribution >= 0.6 is 7.82 Å². The predicted octanol–water partition coefficient (Wildman–Crippen LogP) is 10.1. The van der Waals surface area contributed by atoms with Crippen molar-refractivity contribution in [3.05, 3.63) is 85.1 Å². The third-order valence-electron chi connectivity index (χ3n) is 10.7. The molecule has 1 aliphatic rings. The summed E-state index contributed by atoms with van der Waals surface area (Å²) in [5, 5.41) is 50.2. The first-order chi connectivity index (χ1) is 31.4. The number of aliphatic hydroxyl groups is 5. The lowest BCUT2D eigenvalue weighted by Gasteiger charge is -2.41. The molecule has 0 amide bonds. The smallest absolute Gasteiger partial charge is 0.462 e. The van der Waals surface area contributed by atoms with Gasteiger partial charge >= 0.3 is 19.8 Å². The average Bonchev–Trinajstić information content (AvgIpc) is 3.29. The second-order valence-electron chi connectivity index (χ2n) is 16.6. The van der Waals surface area contributed by atoms with E-state index in [0.29, 0.717) is 12.8 Å². The number of unbranched alkanes of at least 4 members (excludes halogenated alkanes) is 13. The maximum Gasteiger partial charge on any atom is 0.472 e. The Labute approximate surface area is 390 Å². The molecule has 1 aliphatic carbocycles. The Bertz CT molecular complexity index is 1460. The molecule has 0 bridgehead atoms. The number of phosphoric acid groups is 1. The van der Waals surface area contributed by atoms with Crippen molar-refractivity contribution in [2.24, 2.45) is 0 Å². The highest BCUT2D eigenvalue weighted by Gasteiger charge is 2.51. The quantitative estimate of drug-likeness (QED) is 0.0147. The minimum atomic E-state index is -5.14. The summed E-state index contributed by atoms with van der Waals surface area (Å²) in [6.07, 6.45) is 39.1. The van der Waals surface area contributed by atoms with Crippen LogP contribution in [0.3, 0.4) is 0 Å². The number of allylic oxidation sites excluding steroid dienone is 14. The molecule has 1 saturated carbocycles. The van der Waals surface area contributed by atoms with Gasteiger partial charge in [-0.05, 0) is 96.3 Å². The van der Waals surface area contributed by atoms with Gasteiger partial charge in [-0.2, -0.15) is 0 Å². The molecule has 14 heteroatoms. The number of hydrogen-bond acceptors (Lipinski definition) is 12. The fraction of sp³-hybridized carbons (Fsp3) is 0.686. The van der Waals surface area contributed by atoms with Gasteiger partial charge in [0.25, 0.3) is 0 Å². The van der Waals surface area contributed by atoms with Crippen LogP contribution in [0, 0.1) is 0 Å². The molecular weight excluding hydrogens is 852 g/mol. The molecule has 372 valence electrons. The largest absolute Gasteiger partial charge is 0.472 e. The van der Waals surface area contributed by atoms with Crippen LogP contribution < -0.4 is 0 Å². The number of aliphatic hydroxyl groups excluding tert-OH is 5. The number of hydrogen-bond donors (Lipinski definition) is 6. The van der Waals surface area contributed by atoms with E-state index in [4.69, 9.17) is 18.5 Å². The first-order valence-corrected chi connectivity index (χ1v) is 25.9. The fourth-order valence-electron chi connectivity index (χ4n) is 6.75. The van der Waals surface area contributed by atoms with E-state index < -0.39 is 75.7 Å². The van der Waals surface area contributed by atoms with Crippen molar-refractivity contribution in [1.29, 1.82) is 0 Å². The summed E-state index contributed by atoms with van der Waals surface area (Å²) in [6.45, 7) is 3.19. The summed E-state index contributed by atoms with van der Waals surface area (Å²) in [6, 6.07) is 0. The number of esters is 2. The Hall–Kier alpha value is -2.97. The van der Waals surface area contributed by atoms with Crippen molar-refractivity contribution in [3.8, 4) is 0 Å². The lowest BCUT2D eigenvalue weighted by atomic mass is 9.85. The highest BCUT2D eigenvalue weighted by atomic mass is 31.2. The average molecular weight is 937 g/mol. The molecule has 0 saturated heterocycles. The molecular formula is C51H85O13P. The zero-order valence-corrected chi connectivity index (χ0v) is 40.4. The van der Waals surface area contributed by atoms with Crippen molar-refractivity contribution in [3.63, 3.8) is 0 Å². The van der Waals surface area contributed by atoms with Gasteiger partial charge in [0.05, 0.1) is 6.61 Å². The van der Waals surface area contributed by atoms with Crippen LogP contribution in [0.2, 0.25) is 0 Å². The Balaban J connectivity index is 2.49. The molecule has 0 heterocycles. The van der Waals surface area contributed by atoms with Crippen molar-refractivity contribution in [2.75, 3.05) is 13.2 Å². The molecule has 0 spiro atoms. The Morgan fingerprint density at radius 1 is 0.477 bits per heavy atom. The monoisotopic (exact) mass is 937 g/mol. The fourth-order valence-corrected chi connectivity index (χ4v) is 7.72. The van der Waals surface area contributed by atoms with E-state index in [1.165, 1.54) is 38.5 Å². The Kier molecular flexibility index (Phi) is 37.1. The molecule has 0 aromatic carbocycles. The number of ether oxygens (including phenoxy) is 2. The van der Waals surface area contributed by atoms with Crippen LogP contribution in [0.1, 0.15) is 168 Å². The van der Waals surface area contributed by atoms with E-state index in [2.05, 4.69) is 98.9 Å². The normalized spacial score (nSPS) is 22.2. The predicted molar refractivity (Wildman–Crippen MR) is 258 cm³/mol. The molecule has 1 fully saturated rings. The van der Waals surface area contributed by atoms with E-state index in [0.717, 1.165) is 89.9 Å². The van der Waals surface area contributed by atoms with E-state index in [1.54, 1.807) is 0 Å². The Morgan fingerprint density at radius 2 is 0.831 bits per heavy atom. The van der Waals surface area contributed by atoms with Gasteiger partial charge < -0.3 is 39.9 Å². The molecule has 0 aromatic heterocycles. The lowest BCUT2D eigenvalue weighted by Crippen LogP contribution is -2.64. The van der Waals surface area contributed by atoms with Crippen molar-refractivity contribution in [1.82, 2.24) is 0 Å². The van der Waals surface area contributed by atoms with Crippen LogP contribution in [-0.4, -0.2) is 98.3 Å². The molecule has 0 radical (unpaired) electrons. The maximum absolute atomic E-state index is 12.8. The summed E-state index contributed by atoms with van der Waals surface area (Å²) in [7, 11) is -5.14. The van der Waals surface area contributed by atoms with E-state index >= 15 is 0 Å². The minimum absolute atomic E-state index is 0.0493. The van der Waals surface area contributed by atoms with Crippen LogP contribution in [0.5, 0.6) is 0 Å². The zero-order chi connectivity index (χ0) is 47.8. The van der Waals surface area contributed by atoms with Crippen LogP contribution in [0.15, 0.2) is 85.1 Å². The maximum atomic E-state index is 12.8. The SMILES string of the molecule is CCCCC/C=C/C/C=C/C/C=C/C/C=C/CCCCCC(=O)O[C@H](COC(=O)CCCCCC/C=C/C/C=C/C/C=C/CCCCC)COP(=O)(O)OC1C(O)C(O)C(O)[C@@H](O)C1O. The standard InChI is InChI=1S/C51H85O13P/c1-3-5-7-9-11-13-15-17-19-21-22-24-26-28-30-32-34-36-38-40-45(53)63-43(42-62-65(59,60)64-51-49(57)47(55)46(54)48(56)50(51)58)41-61-44(52)39-37-35-33-31-29-27-25-23-20-18-16-14-12-10-8-6-4-2/h11-14,17-20,22,24-25,27-28,30,43,46-51,54-58H,3-10,15-16,21,23,26,29,31-42H2,1-2H3,(H,59,60)/b13-11+,14-12+,19-17+,20-18+,24-22+,27-25+,30-28+/t43-,46?,47-,48?,49?,50?,51?/m1/s1. The molecule has 1 rings (SSSR count). The third-order valence-corrected chi connectivity index (χ3v) is 11.7. The van der Waals surface area contributed by atoms with Gasteiger partial charge in [0.2, 0.25) is 0 Å². The summed E-state index contributed by atoms with van der Waals surface area (Å²) in [5.41, 5.74) is 0. The molecule has 8 atom stereocenters. The number of carbonyl (C=O) groups is 2. The van der Waals surface area contributed by atoms with Crippen LogP contribution in [0.25, 0.3) is 0 Å². The first kappa shape index (κ1) is 60.0. The van der Waals surface area contributed by atoms with Gasteiger partial charge in [0.15, 0.2) is 6.10 Å². The third kappa shape index (κ3) is 32.4. The number of rotatable bonds is 39. The van der Waals surface area contributed by atoms with E-state index in [1.807, 2.05) is 0 Å². The summed E-state index contributed by atoms with van der Waals surface area (Å²) in [4.78, 5) is 35.8. The number of phosphoric ester groups is 1. The second kappa shape index (κ2) is 40.1. The van der Waals surface area contributed by atoms with Gasteiger partial charge in [-0.3, -0.25) is 18.6 Å². The van der Waals surface area contributed by atoms with Crippen molar-refractivity contribution < 1.29 is 63.1 Å². The number of carbonyl (C=O) groups excluding carboxylic acids is 2. The van der Waals surface area contributed by atoms with Gasteiger partial charge in [0, 0.05) is 12.8 Å². The van der Waals surface area contributed by atoms with Gasteiger partial charge in [0.1, 0.15) is 43.2 Å². The van der Waals surface area contributed by atoms with E-state index in [-0.39, 0.29) is 12.8 Å². The van der Waals surface area contributed by atoms with Crippen molar-refractivity contribution >= 4 is 19.8 Å². The molecule has 0 aromatic rings. The highest BCUT2D eigenvalue weighted by molar-refractivity contribution is 7.47. The van der Waals surface area contributed by atoms with E-state index in [9.17, 15) is 44.6 Å². The summed E-state index contributed by atoms with van der Waals surface area (Å²) < 4.78 is 33.5. The first-order valence-electron chi connectivity index (χ1n) is 24.4. The summed E-state index contributed by atoms with van der Waals surface area (Å²) in [5.74, 6) is -1.17. The van der Waals surface area contributed by atoms with Crippen LogP contribution in [0.4, 0.5) is 0 Å². The summed E-state index contributed by atoms with van der Waals surface area (Å²) >= 11 is 0. The van der Waals surface area contributed by atoms with Gasteiger partial charge in [-0.1, -0.05) is 144 Å². The minimum Gasteiger partial charge on any atom is -0.462 e. The second-order valence-corrected chi connectivity index (χ2v) is 18.0. The lowest BCUT2D eigenvalue weighted by molar-refractivity contribution is -0.220. The topological polar surface area (TPSA) is 210 Å². The van der Waals surface area contributed by atoms with Crippen LogP contribution in [-0.2, 0) is 32.7 Å². The molecule has 0 aliphatic heterocycles. The molecule has 13 nitrogen and oxygen atoms in total. The zero-order valence-electron chi connectivity index (χ0n) is 39.5. The van der Waals surface area contributed by atoms with Gasteiger partial charge in [-0.15, -0.1) is 0 Å². The molecule has 65 heavy (non-hydrogen) atoms. The Morgan fingerprint density at radius 3 is 1.26 bits per heavy atom. The molecule has 6 N–H and O–H groups in total. The van der Waals surface area contributed by atoms with Crippen molar-refractivity contribution in [2.45, 2.75) is 211 Å². The molecule has 6 unspecified atom stereocenters. The highest BCUT2D eigenvalue weighted by Crippen LogP contribution is 2.47.